The van der Waals surface area contributed by atoms with Crippen LogP contribution in [0.15, 0.2) is 53.5 Å². The minimum absolute atomic E-state index is 0.0853. The molecule has 5 nitrogen and oxygen atoms in total. The van der Waals surface area contributed by atoms with Crippen molar-refractivity contribution < 1.29 is 9.53 Å². The molecule has 2 N–H and O–H groups in total. The first-order valence-corrected chi connectivity index (χ1v) is 9.31. The average Bonchev–Trinajstić information content (AvgIpc) is 2.84. The Morgan fingerprint density at radius 3 is 2.48 bits per heavy atom. The first-order chi connectivity index (χ1) is 12.8. The van der Waals surface area contributed by atoms with Crippen LogP contribution in [0.2, 0.25) is 0 Å². The van der Waals surface area contributed by atoms with E-state index in [0.29, 0.717) is 6.42 Å². The highest BCUT2D eigenvalue weighted by Gasteiger charge is 2.55. The van der Waals surface area contributed by atoms with Crippen LogP contribution in [0, 0.1) is 0 Å². The third kappa shape index (κ3) is 2.97. The van der Waals surface area contributed by atoms with Gasteiger partial charge in [-0.1, -0.05) is 36.4 Å². The second kappa shape index (κ2) is 6.12. The third-order valence-electron chi connectivity index (χ3n) is 5.41. The number of nitrogens with zero attached hydrogens (tertiary/aromatic N) is 2. The van der Waals surface area contributed by atoms with Crippen molar-refractivity contribution in [3.63, 3.8) is 0 Å². The number of rotatable bonds is 3. The van der Waals surface area contributed by atoms with Crippen LogP contribution in [0.4, 0.5) is 0 Å². The lowest BCUT2D eigenvalue weighted by Crippen LogP contribution is -2.49. The molecular weight excluding hydrogens is 338 g/mol. The number of aliphatic imine (C=N–C) groups is 1. The van der Waals surface area contributed by atoms with Gasteiger partial charge in [0.1, 0.15) is 11.4 Å². The molecule has 1 amide bonds. The van der Waals surface area contributed by atoms with Gasteiger partial charge in [-0.3, -0.25) is 9.69 Å². The number of likely N-dealkylation sites (N-methyl/N-ethyl adjacent to an activating group) is 1. The molecule has 1 unspecified atom stereocenters. The number of carbonyl (C=O) groups is 1. The van der Waals surface area contributed by atoms with Crippen molar-refractivity contribution in [1.82, 2.24) is 4.90 Å². The minimum atomic E-state index is -0.987. The second-order valence-corrected chi connectivity index (χ2v) is 8.05. The Kier molecular flexibility index (Phi) is 3.98. The zero-order valence-corrected chi connectivity index (χ0v) is 16.0. The number of aryl methyl sites for hydroxylation is 2. The van der Waals surface area contributed by atoms with E-state index in [-0.39, 0.29) is 11.9 Å². The summed E-state index contributed by atoms with van der Waals surface area (Å²) in [6, 6.07) is 16.5. The maximum atomic E-state index is 13.1. The van der Waals surface area contributed by atoms with E-state index in [1.165, 1.54) is 10.5 Å². The van der Waals surface area contributed by atoms with Gasteiger partial charge >= 0.3 is 0 Å². The summed E-state index contributed by atoms with van der Waals surface area (Å²) in [5.41, 5.74) is 7.80. The average molecular weight is 363 g/mol. The molecule has 2 aliphatic rings. The van der Waals surface area contributed by atoms with Gasteiger partial charge in [-0.2, -0.15) is 0 Å². The molecule has 27 heavy (non-hydrogen) atoms. The number of hydrogen-bond acceptors (Lipinski definition) is 4. The molecule has 0 aliphatic carbocycles. The summed E-state index contributed by atoms with van der Waals surface area (Å²) in [5, 5.41) is 0. The molecule has 1 atom stereocenters. The van der Waals surface area contributed by atoms with Crippen molar-refractivity contribution in [2.75, 3.05) is 7.05 Å². The van der Waals surface area contributed by atoms with Crippen LogP contribution in [0.25, 0.3) is 0 Å². The van der Waals surface area contributed by atoms with Gasteiger partial charge in [0.25, 0.3) is 5.91 Å². The van der Waals surface area contributed by atoms with Crippen LogP contribution in [0.5, 0.6) is 5.75 Å². The Balaban J connectivity index is 1.72. The molecule has 0 fully saturated rings. The monoisotopic (exact) mass is 363 g/mol. The quantitative estimate of drug-likeness (QED) is 0.911. The number of hydrogen-bond donors (Lipinski definition) is 1. The van der Waals surface area contributed by atoms with Crippen LogP contribution in [0.3, 0.4) is 0 Å². The SMILES string of the molecule is CN1C(=O)C2(CC(C)(C)Oc3ccc(CCc4ccccc4)cc32)N=C1N. The van der Waals surface area contributed by atoms with Crippen LogP contribution >= 0.6 is 0 Å². The Morgan fingerprint density at radius 1 is 1.11 bits per heavy atom. The lowest BCUT2D eigenvalue weighted by molar-refractivity contribution is -0.133. The number of fused-ring (bicyclic) bond motifs is 2. The first kappa shape index (κ1) is 17.6. The Labute approximate surface area is 159 Å². The summed E-state index contributed by atoms with van der Waals surface area (Å²) >= 11 is 0. The van der Waals surface area contributed by atoms with Gasteiger partial charge < -0.3 is 10.5 Å². The van der Waals surface area contributed by atoms with Gasteiger partial charge in [-0.05, 0) is 49.9 Å². The van der Waals surface area contributed by atoms with Gasteiger partial charge in [0.15, 0.2) is 11.5 Å². The number of guanidine groups is 1. The van der Waals surface area contributed by atoms with E-state index < -0.39 is 11.1 Å². The van der Waals surface area contributed by atoms with E-state index >= 15 is 0 Å². The van der Waals surface area contributed by atoms with Gasteiger partial charge in [-0.15, -0.1) is 0 Å². The molecular formula is C22H25N3O2. The largest absolute Gasteiger partial charge is 0.487 e. The summed E-state index contributed by atoms with van der Waals surface area (Å²) in [6.07, 6.45) is 2.30. The number of benzene rings is 2. The Morgan fingerprint density at radius 2 is 1.81 bits per heavy atom. The predicted octanol–water partition coefficient (Wildman–Crippen LogP) is 3.01. The molecule has 0 saturated carbocycles. The highest BCUT2D eigenvalue weighted by Crippen LogP contribution is 2.49. The molecule has 2 heterocycles. The van der Waals surface area contributed by atoms with Gasteiger partial charge in [0, 0.05) is 19.0 Å². The number of ether oxygens (including phenoxy) is 1. The molecule has 2 aromatic carbocycles. The molecule has 2 aliphatic heterocycles. The summed E-state index contributed by atoms with van der Waals surface area (Å²) in [7, 11) is 1.68. The van der Waals surface area contributed by atoms with Gasteiger partial charge in [0.2, 0.25) is 0 Å². The Hall–Kier alpha value is -2.82. The van der Waals surface area contributed by atoms with Crippen LogP contribution in [-0.2, 0) is 23.2 Å². The van der Waals surface area contributed by atoms with Gasteiger partial charge in [0.05, 0.1) is 0 Å². The van der Waals surface area contributed by atoms with Crippen LogP contribution in [-0.4, -0.2) is 29.4 Å². The van der Waals surface area contributed by atoms with Crippen molar-refractivity contribution in [3.8, 4) is 5.75 Å². The smallest absolute Gasteiger partial charge is 0.261 e. The highest BCUT2D eigenvalue weighted by atomic mass is 16.5. The highest BCUT2D eigenvalue weighted by molar-refractivity contribution is 6.07. The lowest BCUT2D eigenvalue weighted by atomic mass is 9.77. The van der Waals surface area contributed by atoms with Crippen LogP contribution in [0.1, 0.15) is 37.0 Å². The molecule has 0 radical (unpaired) electrons. The lowest BCUT2D eigenvalue weighted by Gasteiger charge is -2.41. The van der Waals surface area contributed by atoms with Gasteiger partial charge in [-0.25, -0.2) is 4.99 Å². The Bertz CT molecular complexity index is 920. The van der Waals surface area contributed by atoms with E-state index in [9.17, 15) is 4.79 Å². The van der Waals surface area contributed by atoms with E-state index in [1.54, 1.807) is 7.05 Å². The fraction of sp³-hybridized carbons (Fsp3) is 0.364. The van der Waals surface area contributed by atoms with Crippen molar-refractivity contribution in [1.29, 1.82) is 0 Å². The van der Waals surface area contributed by atoms with Crippen LogP contribution < -0.4 is 10.5 Å². The fourth-order valence-corrected chi connectivity index (χ4v) is 4.11. The van der Waals surface area contributed by atoms with E-state index in [2.05, 4.69) is 41.4 Å². The molecule has 0 bridgehead atoms. The summed E-state index contributed by atoms with van der Waals surface area (Å²) in [5.74, 6) is 0.895. The first-order valence-electron chi connectivity index (χ1n) is 9.31. The standard InChI is InChI=1S/C22H25N3O2/c1-21(2)14-22(19(26)25(3)20(23)24-22)17-13-16(11-12-18(17)27-21)10-9-15-7-5-4-6-8-15/h4-8,11-13H,9-10,14H2,1-3H3,(H2,23,24). The zero-order chi connectivity index (χ0) is 19.2. The van der Waals surface area contributed by atoms with Crippen molar-refractivity contribution >= 4 is 11.9 Å². The topological polar surface area (TPSA) is 67.9 Å². The van der Waals surface area contributed by atoms with E-state index in [1.807, 2.05) is 26.0 Å². The molecule has 5 heteroatoms. The number of carbonyl (C=O) groups excluding carboxylic acids is 1. The maximum Gasteiger partial charge on any atom is 0.261 e. The number of amides is 1. The molecule has 0 aromatic heterocycles. The zero-order valence-electron chi connectivity index (χ0n) is 16.0. The minimum Gasteiger partial charge on any atom is -0.487 e. The molecule has 0 saturated heterocycles. The normalized spacial score (nSPS) is 23.1. The third-order valence-corrected chi connectivity index (χ3v) is 5.41. The van der Waals surface area contributed by atoms with Crippen molar-refractivity contribution in [3.05, 3.63) is 65.2 Å². The second-order valence-electron chi connectivity index (χ2n) is 8.05. The van der Waals surface area contributed by atoms with Crippen molar-refractivity contribution in [2.45, 2.75) is 44.2 Å². The molecule has 140 valence electrons. The van der Waals surface area contributed by atoms with E-state index in [0.717, 1.165) is 29.7 Å². The summed E-state index contributed by atoms with van der Waals surface area (Å²) in [4.78, 5) is 19.2. The molecule has 4 rings (SSSR count). The maximum absolute atomic E-state index is 13.1. The molecule has 2 aromatic rings. The number of nitrogens with two attached hydrogens (primary N) is 1. The van der Waals surface area contributed by atoms with E-state index in [4.69, 9.17) is 10.5 Å². The molecule has 1 spiro atoms. The fourth-order valence-electron chi connectivity index (χ4n) is 4.11. The van der Waals surface area contributed by atoms with Crippen molar-refractivity contribution in [2.24, 2.45) is 10.7 Å². The summed E-state index contributed by atoms with van der Waals surface area (Å²) < 4.78 is 6.16. The summed E-state index contributed by atoms with van der Waals surface area (Å²) in [6.45, 7) is 3.97. The predicted molar refractivity (Wildman–Crippen MR) is 106 cm³/mol.